The molecule has 0 unspecified atom stereocenters. The number of rotatable bonds is 1. The molecule has 0 aromatic rings. The van der Waals surface area contributed by atoms with Crippen molar-refractivity contribution < 1.29 is 24.9 Å². The third-order valence-electron chi connectivity index (χ3n) is 9.02. The summed E-state index contributed by atoms with van der Waals surface area (Å²) < 4.78 is 0. The van der Waals surface area contributed by atoms with Crippen molar-refractivity contribution >= 4 is 11.8 Å². The van der Waals surface area contributed by atoms with Gasteiger partial charge in [-0.3, -0.25) is 9.59 Å². The zero-order valence-electron chi connectivity index (χ0n) is 15.4. The zero-order valence-corrected chi connectivity index (χ0v) is 15.4. The first-order valence-corrected chi connectivity index (χ1v) is 9.66. The number of hydrogen-bond donors (Lipinski definition) is 3. The van der Waals surface area contributed by atoms with Crippen molar-refractivity contribution in [1.82, 2.24) is 0 Å². The van der Waals surface area contributed by atoms with Gasteiger partial charge < -0.3 is 15.3 Å². The molecule has 0 aromatic carbocycles. The van der Waals surface area contributed by atoms with Crippen molar-refractivity contribution in [1.29, 1.82) is 0 Å². The molecule has 25 heavy (non-hydrogen) atoms. The normalized spacial score (nSPS) is 57.7. The summed E-state index contributed by atoms with van der Waals surface area (Å²) in [7, 11) is 0. The summed E-state index contributed by atoms with van der Waals surface area (Å²) in [5, 5.41) is 32.0. The maximum atomic E-state index is 12.7. The standard InChI is InChI=1S/C20H30O5/c1-17-8-5-11-18(2)6-4-7-19(3,16(24)25)12(18)9-13(21)20(11,10-17)15(23)14(17)22/h11-13,15,21,23H,4-10H2,1-3H3,(H,24,25)/t11-,12-,13-,15+,17-,18-,19+,20-/m0/s1. The summed E-state index contributed by atoms with van der Waals surface area (Å²) in [5.41, 5.74) is -2.42. The average molecular weight is 350 g/mol. The molecule has 0 heterocycles. The number of Topliss-reactive ketones (excluding diaryl/α,β-unsaturated/α-hetero) is 1. The molecule has 2 bridgehead atoms. The Morgan fingerprint density at radius 1 is 1.08 bits per heavy atom. The van der Waals surface area contributed by atoms with Crippen LogP contribution in [0.2, 0.25) is 0 Å². The third kappa shape index (κ3) is 1.82. The van der Waals surface area contributed by atoms with E-state index in [4.69, 9.17) is 0 Å². The second-order valence-corrected chi connectivity index (χ2v) is 10.1. The average Bonchev–Trinajstić information content (AvgIpc) is 2.68. The molecule has 5 nitrogen and oxygen atoms in total. The van der Waals surface area contributed by atoms with Gasteiger partial charge in [-0.25, -0.2) is 0 Å². The molecule has 4 fully saturated rings. The fraction of sp³-hybridized carbons (Fsp3) is 0.900. The van der Waals surface area contributed by atoms with Crippen LogP contribution in [0.5, 0.6) is 0 Å². The zero-order chi connectivity index (χ0) is 18.4. The lowest BCUT2D eigenvalue weighted by Crippen LogP contribution is -2.65. The van der Waals surface area contributed by atoms with Crippen molar-refractivity contribution in [2.45, 2.75) is 77.9 Å². The summed E-state index contributed by atoms with van der Waals surface area (Å²) in [5.74, 6) is -1.02. The number of fused-ring (bicyclic) bond motifs is 3. The van der Waals surface area contributed by atoms with Crippen LogP contribution in [0.3, 0.4) is 0 Å². The van der Waals surface area contributed by atoms with Crippen molar-refractivity contribution in [3.05, 3.63) is 0 Å². The van der Waals surface area contributed by atoms with Gasteiger partial charge in [0, 0.05) is 10.8 Å². The first-order chi connectivity index (χ1) is 11.5. The van der Waals surface area contributed by atoms with Gasteiger partial charge in [0.25, 0.3) is 0 Å². The molecule has 0 amide bonds. The van der Waals surface area contributed by atoms with Crippen LogP contribution >= 0.6 is 0 Å². The predicted octanol–water partition coefficient (Wildman–Crippen LogP) is 2.38. The van der Waals surface area contributed by atoms with Crippen molar-refractivity contribution in [3.63, 3.8) is 0 Å². The number of carbonyl (C=O) groups is 2. The SMILES string of the molecule is C[C@]12CC[C@H]3[C@]4(C)CCC[C@@](C)(C(=O)O)[C@H]4C[C@H](O)[C@@]3(C1)[C@H](O)C2=O. The lowest BCUT2D eigenvalue weighted by Gasteiger charge is -2.65. The molecule has 0 aromatic heterocycles. The van der Waals surface area contributed by atoms with Gasteiger partial charge in [-0.15, -0.1) is 0 Å². The first kappa shape index (κ1) is 17.5. The molecule has 4 aliphatic carbocycles. The van der Waals surface area contributed by atoms with E-state index in [-0.39, 0.29) is 23.0 Å². The Morgan fingerprint density at radius 2 is 1.76 bits per heavy atom. The Bertz CT molecular complexity index is 646. The number of carboxylic acid groups (broad SMARTS) is 1. The van der Waals surface area contributed by atoms with E-state index in [0.717, 1.165) is 25.7 Å². The second kappa shape index (κ2) is 4.86. The lowest BCUT2D eigenvalue weighted by atomic mass is 9.39. The molecule has 4 saturated carbocycles. The van der Waals surface area contributed by atoms with Crippen LogP contribution in [0.1, 0.15) is 65.7 Å². The molecule has 3 N–H and O–H groups in total. The van der Waals surface area contributed by atoms with Gasteiger partial charge in [-0.05, 0) is 62.7 Å². The maximum absolute atomic E-state index is 12.7. The number of ketones is 1. The Balaban J connectivity index is 1.84. The molecule has 4 aliphatic rings. The highest BCUT2D eigenvalue weighted by atomic mass is 16.4. The quantitative estimate of drug-likeness (QED) is 0.675. The van der Waals surface area contributed by atoms with Crippen LogP contribution in [-0.2, 0) is 9.59 Å². The number of aliphatic hydroxyl groups excluding tert-OH is 2. The van der Waals surface area contributed by atoms with Crippen LogP contribution in [0.4, 0.5) is 0 Å². The van der Waals surface area contributed by atoms with Gasteiger partial charge in [0.05, 0.1) is 11.5 Å². The van der Waals surface area contributed by atoms with E-state index < -0.39 is 34.4 Å². The molecular formula is C20H30O5. The van der Waals surface area contributed by atoms with Gasteiger partial charge in [-0.2, -0.15) is 0 Å². The molecule has 140 valence electrons. The summed E-state index contributed by atoms with van der Waals surface area (Å²) in [6.45, 7) is 5.91. The Hall–Kier alpha value is -0.940. The van der Waals surface area contributed by atoms with Crippen LogP contribution in [0, 0.1) is 33.5 Å². The summed E-state index contributed by atoms with van der Waals surface area (Å²) in [6.07, 6.45) is 2.90. The Morgan fingerprint density at radius 3 is 2.40 bits per heavy atom. The molecule has 0 aliphatic heterocycles. The largest absolute Gasteiger partial charge is 0.481 e. The van der Waals surface area contributed by atoms with E-state index in [0.29, 0.717) is 19.3 Å². The van der Waals surface area contributed by atoms with Crippen LogP contribution in [-0.4, -0.2) is 39.3 Å². The highest BCUT2D eigenvalue weighted by molar-refractivity contribution is 5.92. The van der Waals surface area contributed by atoms with Gasteiger partial charge >= 0.3 is 5.97 Å². The number of aliphatic hydroxyl groups is 2. The molecule has 4 rings (SSSR count). The molecule has 5 heteroatoms. The van der Waals surface area contributed by atoms with E-state index in [1.807, 2.05) is 13.8 Å². The van der Waals surface area contributed by atoms with Crippen molar-refractivity contribution in [3.8, 4) is 0 Å². The monoisotopic (exact) mass is 350 g/mol. The fourth-order valence-electron chi connectivity index (χ4n) is 7.72. The third-order valence-corrected chi connectivity index (χ3v) is 9.02. The number of carboxylic acids is 1. The van der Waals surface area contributed by atoms with E-state index >= 15 is 0 Å². The van der Waals surface area contributed by atoms with Gasteiger partial charge in [0.15, 0.2) is 5.78 Å². The lowest BCUT2D eigenvalue weighted by molar-refractivity contribution is -0.228. The summed E-state index contributed by atoms with van der Waals surface area (Å²) in [4.78, 5) is 24.8. The number of aliphatic carboxylic acids is 1. The van der Waals surface area contributed by atoms with Gasteiger partial charge in [0.1, 0.15) is 6.10 Å². The first-order valence-electron chi connectivity index (χ1n) is 9.66. The van der Waals surface area contributed by atoms with E-state index in [1.165, 1.54) is 0 Å². The highest BCUT2D eigenvalue weighted by Crippen LogP contribution is 2.72. The van der Waals surface area contributed by atoms with Gasteiger partial charge in [0.2, 0.25) is 0 Å². The van der Waals surface area contributed by atoms with Crippen molar-refractivity contribution in [2.24, 2.45) is 33.5 Å². The minimum absolute atomic E-state index is 0.00208. The Labute approximate surface area is 148 Å². The summed E-state index contributed by atoms with van der Waals surface area (Å²) in [6, 6.07) is 0. The molecule has 0 radical (unpaired) electrons. The topological polar surface area (TPSA) is 94.8 Å². The molecule has 1 spiro atoms. The van der Waals surface area contributed by atoms with Gasteiger partial charge in [-0.1, -0.05) is 20.3 Å². The number of hydrogen-bond acceptors (Lipinski definition) is 4. The van der Waals surface area contributed by atoms with E-state index in [2.05, 4.69) is 6.92 Å². The molecule has 0 saturated heterocycles. The highest BCUT2D eigenvalue weighted by Gasteiger charge is 2.74. The van der Waals surface area contributed by atoms with Crippen molar-refractivity contribution in [2.75, 3.05) is 0 Å². The van der Waals surface area contributed by atoms with Crippen LogP contribution in [0.25, 0.3) is 0 Å². The number of carbonyl (C=O) groups excluding carboxylic acids is 1. The molecular weight excluding hydrogens is 320 g/mol. The summed E-state index contributed by atoms with van der Waals surface area (Å²) >= 11 is 0. The van der Waals surface area contributed by atoms with E-state index in [9.17, 15) is 24.9 Å². The van der Waals surface area contributed by atoms with Crippen LogP contribution < -0.4 is 0 Å². The second-order valence-electron chi connectivity index (χ2n) is 10.1. The fourth-order valence-corrected chi connectivity index (χ4v) is 7.72. The predicted molar refractivity (Wildman–Crippen MR) is 90.7 cm³/mol. The minimum atomic E-state index is -1.12. The smallest absolute Gasteiger partial charge is 0.309 e. The van der Waals surface area contributed by atoms with Crippen LogP contribution in [0.15, 0.2) is 0 Å². The molecule has 8 atom stereocenters. The maximum Gasteiger partial charge on any atom is 0.309 e. The Kier molecular flexibility index (Phi) is 3.40. The van der Waals surface area contributed by atoms with E-state index in [1.54, 1.807) is 0 Å². The minimum Gasteiger partial charge on any atom is -0.481 e.